The lowest BCUT2D eigenvalue weighted by Crippen LogP contribution is -2.14. The van der Waals surface area contributed by atoms with Crippen molar-refractivity contribution in [2.24, 2.45) is 7.05 Å². The number of hydrogen-bond donors (Lipinski definition) is 1. The van der Waals surface area contributed by atoms with Gasteiger partial charge in [-0.3, -0.25) is 9.40 Å². The van der Waals surface area contributed by atoms with Crippen LogP contribution in [-0.2, 0) is 17.1 Å². The number of halogens is 1. The SMILES string of the molecule is Cc1nc2cc(NS(=O)(=O)c3c(C)nn(C)c3Cl)ccc2s1. The Morgan fingerprint density at radius 2 is 2.05 bits per heavy atom. The van der Waals surface area contributed by atoms with E-state index < -0.39 is 10.0 Å². The van der Waals surface area contributed by atoms with Crippen molar-refractivity contribution in [2.45, 2.75) is 18.7 Å². The van der Waals surface area contributed by atoms with E-state index >= 15 is 0 Å². The van der Waals surface area contributed by atoms with Gasteiger partial charge in [-0.25, -0.2) is 13.4 Å². The van der Waals surface area contributed by atoms with Crippen molar-refractivity contribution < 1.29 is 8.42 Å². The van der Waals surface area contributed by atoms with Gasteiger partial charge < -0.3 is 0 Å². The van der Waals surface area contributed by atoms with Gasteiger partial charge in [0.05, 0.1) is 26.6 Å². The normalized spacial score (nSPS) is 12.0. The summed E-state index contributed by atoms with van der Waals surface area (Å²) in [5.74, 6) is 0. The van der Waals surface area contributed by atoms with Crippen LogP contribution in [0.2, 0.25) is 5.15 Å². The third-order valence-electron chi connectivity index (χ3n) is 3.12. The van der Waals surface area contributed by atoms with E-state index in [0.717, 1.165) is 15.2 Å². The maximum atomic E-state index is 12.5. The van der Waals surface area contributed by atoms with Crippen molar-refractivity contribution in [3.63, 3.8) is 0 Å². The summed E-state index contributed by atoms with van der Waals surface area (Å²) in [6.45, 7) is 3.51. The van der Waals surface area contributed by atoms with Gasteiger partial charge in [0, 0.05) is 7.05 Å². The predicted molar refractivity (Wildman–Crippen MR) is 88.1 cm³/mol. The Morgan fingerprint density at radius 3 is 2.68 bits per heavy atom. The van der Waals surface area contributed by atoms with Crippen LogP contribution in [0.25, 0.3) is 10.2 Å². The second kappa shape index (κ2) is 5.22. The molecule has 0 saturated carbocycles. The number of fused-ring (bicyclic) bond motifs is 1. The van der Waals surface area contributed by atoms with Gasteiger partial charge in [0.1, 0.15) is 10.0 Å². The summed E-state index contributed by atoms with van der Waals surface area (Å²) >= 11 is 7.59. The molecule has 22 heavy (non-hydrogen) atoms. The summed E-state index contributed by atoms with van der Waals surface area (Å²) in [7, 11) is -2.21. The summed E-state index contributed by atoms with van der Waals surface area (Å²) in [4.78, 5) is 4.35. The molecule has 0 amide bonds. The lowest BCUT2D eigenvalue weighted by atomic mass is 10.3. The van der Waals surface area contributed by atoms with Crippen LogP contribution in [0.1, 0.15) is 10.7 Å². The molecule has 0 spiro atoms. The fourth-order valence-electron chi connectivity index (χ4n) is 2.23. The average Bonchev–Trinajstić information content (AvgIpc) is 2.88. The Labute approximate surface area is 136 Å². The van der Waals surface area contributed by atoms with Crippen LogP contribution >= 0.6 is 22.9 Å². The zero-order chi connectivity index (χ0) is 16.1. The number of nitrogens with zero attached hydrogens (tertiary/aromatic N) is 3. The Kier molecular flexibility index (Phi) is 3.62. The topological polar surface area (TPSA) is 76.9 Å². The van der Waals surface area contributed by atoms with E-state index in [0.29, 0.717) is 11.4 Å². The minimum atomic E-state index is -3.81. The lowest BCUT2D eigenvalue weighted by Gasteiger charge is -2.07. The molecule has 0 aliphatic carbocycles. The third kappa shape index (κ3) is 2.57. The molecule has 2 heterocycles. The molecule has 0 aliphatic rings. The first-order chi connectivity index (χ1) is 10.3. The van der Waals surface area contributed by atoms with E-state index in [1.807, 2.05) is 13.0 Å². The van der Waals surface area contributed by atoms with Crippen LogP contribution in [0.4, 0.5) is 5.69 Å². The lowest BCUT2D eigenvalue weighted by molar-refractivity contribution is 0.600. The summed E-state index contributed by atoms with van der Waals surface area (Å²) in [5, 5.41) is 5.04. The van der Waals surface area contributed by atoms with Gasteiger partial charge in [-0.05, 0) is 32.0 Å². The minimum absolute atomic E-state index is 0.00813. The Bertz CT molecular complexity index is 976. The molecule has 0 aliphatic heterocycles. The number of anilines is 1. The van der Waals surface area contributed by atoms with Gasteiger partial charge in [0.15, 0.2) is 0 Å². The van der Waals surface area contributed by atoms with Gasteiger partial charge in [-0.1, -0.05) is 11.6 Å². The fourth-order valence-corrected chi connectivity index (χ4v) is 4.84. The second-order valence-corrected chi connectivity index (χ2v) is 8.06. The molecule has 0 unspecified atom stereocenters. The molecule has 0 atom stereocenters. The molecule has 0 fully saturated rings. The van der Waals surface area contributed by atoms with E-state index in [4.69, 9.17) is 11.6 Å². The van der Waals surface area contributed by atoms with Crippen LogP contribution in [0.15, 0.2) is 23.1 Å². The van der Waals surface area contributed by atoms with Crippen molar-refractivity contribution in [1.29, 1.82) is 0 Å². The van der Waals surface area contributed by atoms with Crippen LogP contribution in [0.5, 0.6) is 0 Å². The standard InChI is InChI=1S/C13H13ClN4O2S2/c1-7-12(13(14)18(3)16-7)22(19,20)17-9-4-5-11-10(6-9)15-8(2)21-11/h4-6,17H,1-3H3. The largest absolute Gasteiger partial charge is 0.279 e. The molecule has 2 aromatic heterocycles. The molecule has 9 heteroatoms. The van der Waals surface area contributed by atoms with Gasteiger partial charge in [0.25, 0.3) is 10.0 Å². The van der Waals surface area contributed by atoms with E-state index in [-0.39, 0.29) is 10.0 Å². The summed E-state index contributed by atoms with van der Waals surface area (Å²) in [6, 6.07) is 5.25. The smallest absolute Gasteiger partial charge is 0.266 e. The molecule has 6 nitrogen and oxygen atoms in total. The van der Waals surface area contributed by atoms with Crippen LogP contribution in [0, 0.1) is 13.8 Å². The molecule has 1 N–H and O–H groups in total. The molecular formula is C13H13ClN4O2S2. The zero-order valence-electron chi connectivity index (χ0n) is 12.1. The summed E-state index contributed by atoms with van der Waals surface area (Å²) in [6.07, 6.45) is 0. The number of nitrogens with one attached hydrogen (secondary N) is 1. The maximum Gasteiger partial charge on any atom is 0.266 e. The van der Waals surface area contributed by atoms with E-state index in [1.54, 1.807) is 37.4 Å². The highest BCUT2D eigenvalue weighted by molar-refractivity contribution is 7.92. The Morgan fingerprint density at radius 1 is 1.32 bits per heavy atom. The van der Waals surface area contributed by atoms with Crippen molar-refractivity contribution in [3.8, 4) is 0 Å². The molecule has 0 bridgehead atoms. The highest BCUT2D eigenvalue weighted by atomic mass is 35.5. The molecular weight excluding hydrogens is 344 g/mol. The van der Waals surface area contributed by atoms with Crippen molar-refractivity contribution >= 4 is 48.9 Å². The second-order valence-electron chi connectivity index (χ2n) is 4.85. The van der Waals surface area contributed by atoms with Crippen molar-refractivity contribution in [1.82, 2.24) is 14.8 Å². The first-order valence-electron chi connectivity index (χ1n) is 6.37. The Hall–Kier alpha value is -1.64. The first-order valence-corrected chi connectivity index (χ1v) is 9.05. The number of aromatic nitrogens is 3. The molecule has 3 aromatic rings. The quantitative estimate of drug-likeness (QED) is 0.782. The van der Waals surface area contributed by atoms with Gasteiger partial charge in [-0.15, -0.1) is 11.3 Å². The number of aryl methyl sites for hydroxylation is 3. The molecule has 0 radical (unpaired) electrons. The van der Waals surface area contributed by atoms with Gasteiger partial charge in [-0.2, -0.15) is 5.10 Å². The highest BCUT2D eigenvalue weighted by Gasteiger charge is 2.25. The molecule has 0 saturated heterocycles. The molecule has 116 valence electrons. The van der Waals surface area contributed by atoms with Crippen LogP contribution in [-0.4, -0.2) is 23.2 Å². The monoisotopic (exact) mass is 356 g/mol. The van der Waals surface area contributed by atoms with Crippen molar-refractivity contribution in [3.05, 3.63) is 34.1 Å². The maximum absolute atomic E-state index is 12.5. The first kappa shape index (κ1) is 15.3. The number of sulfonamides is 1. The van der Waals surface area contributed by atoms with Crippen molar-refractivity contribution in [2.75, 3.05) is 4.72 Å². The number of thiazole rings is 1. The van der Waals surface area contributed by atoms with Crippen LogP contribution < -0.4 is 4.72 Å². The Balaban J connectivity index is 2.02. The van der Waals surface area contributed by atoms with E-state index in [9.17, 15) is 8.42 Å². The third-order valence-corrected chi connectivity index (χ3v) is 6.14. The highest BCUT2D eigenvalue weighted by Crippen LogP contribution is 2.28. The summed E-state index contributed by atoms with van der Waals surface area (Å²) < 4.78 is 29.9. The summed E-state index contributed by atoms with van der Waals surface area (Å²) in [5.41, 5.74) is 1.56. The minimum Gasteiger partial charge on any atom is -0.279 e. The number of hydrogen-bond acceptors (Lipinski definition) is 5. The average molecular weight is 357 g/mol. The van der Waals surface area contributed by atoms with E-state index in [1.165, 1.54) is 4.68 Å². The van der Waals surface area contributed by atoms with Gasteiger partial charge in [0.2, 0.25) is 0 Å². The fraction of sp³-hybridized carbons (Fsp3) is 0.231. The number of benzene rings is 1. The van der Waals surface area contributed by atoms with Crippen LogP contribution in [0.3, 0.4) is 0 Å². The van der Waals surface area contributed by atoms with Gasteiger partial charge >= 0.3 is 0 Å². The molecule has 1 aromatic carbocycles. The predicted octanol–water partition coefficient (Wildman–Crippen LogP) is 3.10. The number of rotatable bonds is 3. The molecule has 3 rings (SSSR count). The van der Waals surface area contributed by atoms with E-state index in [2.05, 4.69) is 14.8 Å². The zero-order valence-corrected chi connectivity index (χ0v) is 14.5.